The lowest BCUT2D eigenvalue weighted by Gasteiger charge is -2.18. The molecule has 1 aliphatic heterocycles. The minimum Gasteiger partial charge on any atom is -0.370 e. The largest absolute Gasteiger partial charge is 0.370 e. The van der Waals surface area contributed by atoms with Gasteiger partial charge in [0.15, 0.2) is 5.96 Å². The van der Waals surface area contributed by atoms with Crippen LogP contribution in [0.15, 0.2) is 29.3 Å². The molecule has 4 nitrogen and oxygen atoms in total. The molecule has 1 aliphatic rings. The fourth-order valence-electron chi connectivity index (χ4n) is 2.73. The Kier molecular flexibility index (Phi) is 6.05. The first-order valence-electron chi connectivity index (χ1n) is 8.05. The lowest BCUT2D eigenvalue weighted by molar-refractivity contribution is 0.292. The van der Waals surface area contributed by atoms with E-state index in [0.717, 1.165) is 25.2 Å². The highest BCUT2D eigenvalue weighted by Gasteiger charge is 2.14. The molecule has 1 unspecified atom stereocenters. The number of anilines is 1. The second kappa shape index (κ2) is 8.03. The zero-order valence-corrected chi connectivity index (χ0v) is 13.3. The van der Waals surface area contributed by atoms with E-state index in [-0.39, 0.29) is 0 Å². The summed E-state index contributed by atoms with van der Waals surface area (Å²) >= 11 is 0. The molecule has 3 N–H and O–H groups in total. The molecule has 0 aliphatic carbocycles. The normalized spacial score (nSPS) is 17.9. The number of rotatable bonds is 6. The van der Waals surface area contributed by atoms with Crippen molar-refractivity contribution in [2.75, 3.05) is 31.5 Å². The molecule has 0 aromatic heterocycles. The summed E-state index contributed by atoms with van der Waals surface area (Å²) in [5, 5.41) is 3.16. The standard InChI is InChI=1S/C17H28N4/c1-3-15-6-8-16(9-7-15)20-17(18)19-12-14(2)13-21-10-4-5-11-21/h6-9,14H,3-5,10-13H2,1-2H3,(H3,18,19,20). The minimum atomic E-state index is 0.507. The SMILES string of the molecule is CCc1ccc(NC(N)=NCC(C)CN2CCCC2)cc1. The Balaban J connectivity index is 1.76. The molecule has 0 bridgehead atoms. The number of nitrogens with one attached hydrogen (secondary N) is 1. The van der Waals surface area contributed by atoms with Crippen LogP contribution in [0.4, 0.5) is 5.69 Å². The molecule has 0 amide bonds. The van der Waals surface area contributed by atoms with Gasteiger partial charge in [0.1, 0.15) is 0 Å². The van der Waals surface area contributed by atoms with E-state index in [0.29, 0.717) is 11.9 Å². The van der Waals surface area contributed by atoms with Gasteiger partial charge in [0.2, 0.25) is 0 Å². The van der Waals surface area contributed by atoms with Crippen LogP contribution in [0.3, 0.4) is 0 Å². The van der Waals surface area contributed by atoms with E-state index in [1.165, 1.54) is 31.5 Å². The molecular weight excluding hydrogens is 260 g/mol. The molecular formula is C17H28N4. The van der Waals surface area contributed by atoms with Crippen molar-refractivity contribution in [1.82, 2.24) is 4.90 Å². The summed E-state index contributed by atoms with van der Waals surface area (Å²) < 4.78 is 0. The predicted molar refractivity (Wildman–Crippen MR) is 90.8 cm³/mol. The summed E-state index contributed by atoms with van der Waals surface area (Å²) in [6.45, 7) is 8.78. The molecule has 0 spiro atoms. The molecule has 1 atom stereocenters. The molecule has 116 valence electrons. The zero-order chi connectivity index (χ0) is 15.1. The van der Waals surface area contributed by atoms with Crippen molar-refractivity contribution in [2.45, 2.75) is 33.1 Å². The van der Waals surface area contributed by atoms with E-state index in [1.807, 2.05) is 0 Å². The number of benzene rings is 1. The third-order valence-electron chi connectivity index (χ3n) is 3.98. The van der Waals surface area contributed by atoms with Crippen LogP contribution in [-0.2, 0) is 6.42 Å². The fourth-order valence-corrected chi connectivity index (χ4v) is 2.73. The van der Waals surface area contributed by atoms with Gasteiger partial charge in [-0.3, -0.25) is 4.99 Å². The Hall–Kier alpha value is -1.55. The summed E-state index contributed by atoms with van der Waals surface area (Å²) in [6.07, 6.45) is 3.73. The van der Waals surface area contributed by atoms with Crippen LogP contribution in [0.25, 0.3) is 0 Å². The van der Waals surface area contributed by atoms with Crippen molar-refractivity contribution in [1.29, 1.82) is 0 Å². The van der Waals surface area contributed by atoms with Crippen LogP contribution in [0.1, 0.15) is 32.3 Å². The van der Waals surface area contributed by atoms with Crippen molar-refractivity contribution in [3.8, 4) is 0 Å². The van der Waals surface area contributed by atoms with Gasteiger partial charge in [-0.25, -0.2) is 0 Å². The van der Waals surface area contributed by atoms with Crippen molar-refractivity contribution < 1.29 is 0 Å². The maximum absolute atomic E-state index is 5.96. The van der Waals surface area contributed by atoms with Gasteiger partial charge < -0.3 is 16.0 Å². The van der Waals surface area contributed by atoms with Crippen LogP contribution in [0.5, 0.6) is 0 Å². The van der Waals surface area contributed by atoms with Crippen molar-refractivity contribution in [3.05, 3.63) is 29.8 Å². The molecule has 1 saturated heterocycles. The molecule has 1 heterocycles. The summed E-state index contributed by atoms with van der Waals surface area (Å²) in [6, 6.07) is 8.33. The predicted octanol–water partition coefficient (Wildman–Crippen LogP) is 2.71. The number of hydrogen-bond donors (Lipinski definition) is 2. The molecule has 0 saturated carbocycles. The van der Waals surface area contributed by atoms with E-state index in [9.17, 15) is 0 Å². The van der Waals surface area contributed by atoms with E-state index in [4.69, 9.17) is 5.73 Å². The lowest BCUT2D eigenvalue weighted by Crippen LogP contribution is -2.28. The van der Waals surface area contributed by atoms with Crippen LogP contribution in [-0.4, -0.2) is 37.0 Å². The van der Waals surface area contributed by atoms with Crippen LogP contribution in [0, 0.1) is 5.92 Å². The van der Waals surface area contributed by atoms with Crippen LogP contribution >= 0.6 is 0 Å². The van der Waals surface area contributed by atoms with Crippen molar-refractivity contribution in [2.24, 2.45) is 16.6 Å². The first kappa shape index (κ1) is 15.8. The van der Waals surface area contributed by atoms with Gasteiger partial charge in [-0.1, -0.05) is 26.0 Å². The summed E-state index contributed by atoms with van der Waals surface area (Å²) in [4.78, 5) is 6.98. The number of nitrogens with two attached hydrogens (primary N) is 1. The van der Waals surface area contributed by atoms with Crippen molar-refractivity contribution in [3.63, 3.8) is 0 Å². The number of likely N-dealkylation sites (tertiary alicyclic amines) is 1. The number of hydrogen-bond acceptors (Lipinski definition) is 2. The van der Waals surface area contributed by atoms with E-state index in [2.05, 4.69) is 53.3 Å². The van der Waals surface area contributed by atoms with E-state index >= 15 is 0 Å². The highest BCUT2D eigenvalue weighted by Crippen LogP contribution is 2.11. The zero-order valence-electron chi connectivity index (χ0n) is 13.3. The second-order valence-electron chi connectivity index (χ2n) is 6.01. The highest BCUT2D eigenvalue weighted by atomic mass is 15.1. The molecule has 1 aromatic rings. The maximum atomic E-state index is 5.96. The first-order chi connectivity index (χ1) is 10.2. The van der Waals surface area contributed by atoms with Gasteiger partial charge in [-0.15, -0.1) is 0 Å². The van der Waals surface area contributed by atoms with Gasteiger partial charge >= 0.3 is 0 Å². The number of aryl methyl sites for hydroxylation is 1. The van der Waals surface area contributed by atoms with E-state index < -0.39 is 0 Å². The molecule has 21 heavy (non-hydrogen) atoms. The second-order valence-corrected chi connectivity index (χ2v) is 6.01. The summed E-state index contributed by atoms with van der Waals surface area (Å²) in [5.74, 6) is 1.05. The van der Waals surface area contributed by atoms with Crippen molar-refractivity contribution >= 4 is 11.6 Å². The Morgan fingerprint density at radius 2 is 1.95 bits per heavy atom. The Bertz CT molecular complexity index is 446. The smallest absolute Gasteiger partial charge is 0.193 e. The Morgan fingerprint density at radius 3 is 2.57 bits per heavy atom. The Labute approximate surface area is 128 Å². The monoisotopic (exact) mass is 288 g/mol. The van der Waals surface area contributed by atoms with Gasteiger partial charge in [-0.2, -0.15) is 0 Å². The van der Waals surface area contributed by atoms with Gasteiger partial charge in [0, 0.05) is 18.8 Å². The fraction of sp³-hybridized carbons (Fsp3) is 0.588. The number of nitrogens with zero attached hydrogens (tertiary/aromatic N) is 2. The van der Waals surface area contributed by atoms with Gasteiger partial charge in [0.05, 0.1) is 0 Å². The van der Waals surface area contributed by atoms with Crippen LogP contribution in [0.2, 0.25) is 0 Å². The summed E-state index contributed by atoms with van der Waals surface area (Å²) in [5.41, 5.74) is 8.29. The average Bonchev–Trinajstić information content (AvgIpc) is 2.99. The first-order valence-corrected chi connectivity index (χ1v) is 8.05. The Morgan fingerprint density at radius 1 is 1.29 bits per heavy atom. The van der Waals surface area contributed by atoms with E-state index in [1.54, 1.807) is 0 Å². The molecule has 1 aromatic carbocycles. The van der Waals surface area contributed by atoms with Gasteiger partial charge in [-0.05, 0) is 56.0 Å². The molecule has 4 heteroatoms. The topological polar surface area (TPSA) is 53.6 Å². The number of guanidine groups is 1. The third-order valence-corrected chi connectivity index (χ3v) is 3.98. The minimum absolute atomic E-state index is 0.507. The third kappa shape index (κ3) is 5.38. The maximum Gasteiger partial charge on any atom is 0.193 e. The lowest BCUT2D eigenvalue weighted by atomic mass is 10.1. The molecule has 1 fully saturated rings. The average molecular weight is 288 g/mol. The summed E-state index contributed by atoms with van der Waals surface area (Å²) in [7, 11) is 0. The van der Waals surface area contributed by atoms with Gasteiger partial charge in [0.25, 0.3) is 0 Å². The number of aliphatic imine (C=N–C) groups is 1. The highest BCUT2D eigenvalue weighted by molar-refractivity contribution is 5.92. The van der Waals surface area contributed by atoms with Crippen LogP contribution < -0.4 is 11.1 Å². The quantitative estimate of drug-likeness (QED) is 0.625. The molecule has 0 radical (unpaired) electrons. The molecule has 2 rings (SSSR count).